The molecule has 0 aliphatic carbocycles. The van der Waals surface area contributed by atoms with E-state index >= 15 is 0 Å². The first kappa shape index (κ1) is 14.4. The monoisotopic (exact) mass is 284 g/mol. The molecule has 0 rings (SSSR count). The van der Waals surface area contributed by atoms with Gasteiger partial charge < -0.3 is 0 Å². The zero-order chi connectivity index (χ0) is 11.0. The maximum absolute atomic E-state index is 11.6. The molecule has 86 valence electrons. The molecule has 0 bridgehead atoms. The topological polar surface area (TPSA) is 34.1 Å². The minimum absolute atomic E-state index is 0.279. The van der Waals surface area contributed by atoms with E-state index in [1.54, 1.807) is 0 Å². The molecular weight excluding hydrogens is 264 g/mol. The van der Waals surface area contributed by atoms with E-state index in [2.05, 4.69) is 22.9 Å². The van der Waals surface area contributed by atoms with Crippen molar-refractivity contribution in [2.45, 2.75) is 39.5 Å². The minimum Gasteiger partial charge on any atom is -0.229 e. The Bertz CT molecular complexity index is 220. The van der Waals surface area contributed by atoms with Crippen LogP contribution in [0, 0.1) is 5.92 Å². The zero-order valence-electron chi connectivity index (χ0n) is 9.13. The predicted octanol–water partition coefficient (Wildman–Crippen LogP) is 3.01. The van der Waals surface area contributed by atoms with E-state index in [0.29, 0.717) is 11.5 Å². The first-order valence-corrected chi connectivity index (χ1v) is 8.26. The Balaban J connectivity index is 3.93. The van der Waals surface area contributed by atoms with Crippen molar-refractivity contribution in [3.05, 3.63) is 0 Å². The fourth-order valence-electron chi connectivity index (χ4n) is 1.29. The summed E-state index contributed by atoms with van der Waals surface area (Å²) in [5, 5.41) is 0.788. The second kappa shape index (κ2) is 7.69. The summed E-state index contributed by atoms with van der Waals surface area (Å²) in [6.07, 6.45) is 3.84. The first-order valence-electron chi connectivity index (χ1n) is 5.32. The third-order valence-corrected chi connectivity index (χ3v) is 5.15. The van der Waals surface area contributed by atoms with Crippen molar-refractivity contribution in [1.82, 2.24) is 0 Å². The molecule has 1 atom stereocenters. The van der Waals surface area contributed by atoms with E-state index in [0.717, 1.165) is 31.0 Å². The Morgan fingerprint density at radius 2 is 1.86 bits per heavy atom. The van der Waals surface area contributed by atoms with Crippen molar-refractivity contribution in [2.24, 2.45) is 5.92 Å². The molecule has 14 heavy (non-hydrogen) atoms. The average Bonchev–Trinajstić information content (AvgIpc) is 2.14. The van der Waals surface area contributed by atoms with E-state index in [1.807, 2.05) is 6.92 Å². The summed E-state index contributed by atoms with van der Waals surface area (Å²) in [5.41, 5.74) is 0. The molecule has 4 heteroatoms. The van der Waals surface area contributed by atoms with Crippen LogP contribution in [0.15, 0.2) is 0 Å². The van der Waals surface area contributed by atoms with Gasteiger partial charge in [-0.25, -0.2) is 8.42 Å². The average molecular weight is 285 g/mol. The Labute approximate surface area is 96.5 Å². The lowest BCUT2D eigenvalue weighted by Crippen LogP contribution is -2.19. The molecule has 0 aromatic carbocycles. The smallest absolute Gasteiger partial charge is 0.150 e. The minimum atomic E-state index is -2.81. The van der Waals surface area contributed by atoms with Gasteiger partial charge >= 0.3 is 0 Å². The van der Waals surface area contributed by atoms with Gasteiger partial charge in [0.2, 0.25) is 0 Å². The normalized spacial score (nSPS) is 14.2. The Kier molecular flexibility index (Phi) is 7.92. The van der Waals surface area contributed by atoms with Gasteiger partial charge in [-0.15, -0.1) is 0 Å². The predicted molar refractivity (Wildman–Crippen MR) is 65.8 cm³/mol. The second-order valence-corrected chi connectivity index (χ2v) is 6.63. The van der Waals surface area contributed by atoms with Crippen LogP contribution < -0.4 is 0 Å². The van der Waals surface area contributed by atoms with Crippen molar-refractivity contribution in [1.29, 1.82) is 0 Å². The molecule has 0 saturated carbocycles. The first-order chi connectivity index (χ1) is 6.55. The van der Waals surface area contributed by atoms with Crippen LogP contribution in [0.2, 0.25) is 0 Å². The quantitative estimate of drug-likeness (QED) is 0.507. The van der Waals surface area contributed by atoms with Crippen molar-refractivity contribution in [3.63, 3.8) is 0 Å². The number of hydrogen-bond acceptors (Lipinski definition) is 2. The third kappa shape index (κ3) is 6.82. The summed E-state index contributed by atoms with van der Waals surface area (Å²) in [6.45, 7) is 4.12. The molecule has 0 saturated heterocycles. The summed E-state index contributed by atoms with van der Waals surface area (Å²) < 4.78 is 23.2. The number of alkyl halides is 1. The second-order valence-electron chi connectivity index (χ2n) is 3.75. The van der Waals surface area contributed by atoms with Gasteiger partial charge in [-0.1, -0.05) is 49.0 Å². The van der Waals surface area contributed by atoms with Gasteiger partial charge in [-0.05, 0) is 12.3 Å². The molecule has 0 aromatic heterocycles. The highest BCUT2D eigenvalue weighted by atomic mass is 79.9. The molecule has 0 aromatic rings. The third-order valence-electron chi connectivity index (χ3n) is 2.34. The van der Waals surface area contributed by atoms with Gasteiger partial charge in [-0.3, -0.25) is 0 Å². The van der Waals surface area contributed by atoms with Crippen LogP contribution in [0.3, 0.4) is 0 Å². The van der Waals surface area contributed by atoms with Crippen LogP contribution >= 0.6 is 15.9 Å². The molecule has 1 unspecified atom stereocenters. The summed E-state index contributed by atoms with van der Waals surface area (Å²) in [7, 11) is -2.81. The molecule has 0 heterocycles. The van der Waals surface area contributed by atoms with Gasteiger partial charge in [0.15, 0.2) is 9.84 Å². The fourth-order valence-corrected chi connectivity index (χ4v) is 4.16. The Hall–Kier alpha value is 0.430. The molecule has 0 spiro atoms. The van der Waals surface area contributed by atoms with Gasteiger partial charge in [0.05, 0.1) is 11.5 Å². The molecular formula is C10H21BrO2S. The van der Waals surface area contributed by atoms with E-state index in [1.165, 1.54) is 0 Å². The lowest BCUT2D eigenvalue weighted by Gasteiger charge is -2.11. The molecule has 0 fully saturated rings. The van der Waals surface area contributed by atoms with Crippen LogP contribution in [-0.4, -0.2) is 25.3 Å². The van der Waals surface area contributed by atoms with Gasteiger partial charge in [-0.2, -0.15) is 0 Å². The lowest BCUT2D eigenvalue weighted by atomic mass is 10.2. The molecule has 2 nitrogen and oxygen atoms in total. The van der Waals surface area contributed by atoms with Crippen LogP contribution in [0.25, 0.3) is 0 Å². The molecule has 0 aliphatic heterocycles. The lowest BCUT2D eigenvalue weighted by molar-refractivity contribution is 0.565. The van der Waals surface area contributed by atoms with E-state index in [-0.39, 0.29) is 5.92 Å². The van der Waals surface area contributed by atoms with Crippen molar-refractivity contribution in [2.75, 3.05) is 16.8 Å². The van der Waals surface area contributed by atoms with Crippen LogP contribution in [-0.2, 0) is 9.84 Å². The maximum atomic E-state index is 11.6. The number of sulfone groups is 1. The Morgan fingerprint density at radius 3 is 2.29 bits per heavy atom. The SMILES string of the molecule is CCCCCS(=O)(=O)CC(CC)CBr. The van der Waals surface area contributed by atoms with E-state index < -0.39 is 9.84 Å². The van der Waals surface area contributed by atoms with Crippen LogP contribution in [0.4, 0.5) is 0 Å². The number of hydrogen-bond donors (Lipinski definition) is 0. The summed E-state index contributed by atoms with van der Waals surface area (Å²) >= 11 is 3.35. The number of rotatable bonds is 8. The highest BCUT2D eigenvalue weighted by molar-refractivity contribution is 9.09. The van der Waals surface area contributed by atoms with Gasteiger partial charge in [0.1, 0.15) is 0 Å². The van der Waals surface area contributed by atoms with Crippen LogP contribution in [0.1, 0.15) is 39.5 Å². The largest absolute Gasteiger partial charge is 0.229 e. The molecule has 0 N–H and O–H groups in total. The maximum Gasteiger partial charge on any atom is 0.150 e. The molecule has 0 amide bonds. The highest BCUT2D eigenvalue weighted by Crippen LogP contribution is 2.11. The summed E-state index contributed by atoms with van der Waals surface area (Å²) in [4.78, 5) is 0. The summed E-state index contributed by atoms with van der Waals surface area (Å²) in [5.74, 6) is 0.990. The van der Waals surface area contributed by atoms with Crippen LogP contribution in [0.5, 0.6) is 0 Å². The van der Waals surface area contributed by atoms with E-state index in [4.69, 9.17) is 0 Å². The van der Waals surface area contributed by atoms with Gasteiger partial charge in [0, 0.05) is 5.33 Å². The number of unbranched alkanes of at least 4 members (excludes halogenated alkanes) is 2. The number of halogens is 1. The fraction of sp³-hybridized carbons (Fsp3) is 1.00. The van der Waals surface area contributed by atoms with Crippen molar-refractivity contribution < 1.29 is 8.42 Å². The standard InChI is InChI=1S/C10H21BrO2S/c1-3-5-6-7-14(12,13)9-10(4-2)8-11/h10H,3-9H2,1-2H3. The van der Waals surface area contributed by atoms with E-state index in [9.17, 15) is 8.42 Å². The van der Waals surface area contributed by atoms with Crippen molar-refractivity contribution >= 4 is 25.8 Å². The highest BCUT2D eigenvalue weighted by Gasteiger charge is 2.16. The summed E-state index contributed by atoms with van der Waals surface area (Å²) in [6, 6.07) is 0. The molecule has 0 aliphatic rings. The van der Waals surface area contributed by atoms with Gasteiger partial charge in [0.25, 0.3) is 0 Å². The Morgan fingerprint density at radius 1 is 1.21 bits per heavy atom. The van der Waals surface area contributed by atoms with Crippen molar-refractivity contribution in [3.8, 4) is 0 Å². The zero-order valence-corrected chi connectivity index (χ0v) is 11.5. The molecule has 0 radical (unpaired) electrons.